The van der Waals surface area contributed by atoms with Gasteiger partial charge in [-0.05, 0) is 36.1 Å². The second-order valence-electron chi connectivity index (χ2n) is 6.11. The first-order valence-corrected chi connectivity index (χ1v) is 10.1. The van der Waals surface area contributed by atoms with E-state index in [0.717, 1.165) is 4.88 Å². The molecule has 1 aliphatic heterocycles. The van der Waals surface area contributed by atoms with Gasteiger partial charge in [-0.25, -0.2) is 9.59 Å². The number of urea groups is 1. The van der Waals surface area contributed by atoms with E-state index in [9.17, 15) is 14.4 Å². The number of hydrogen-bond acceptors (Lipinski definition) is 6. The number of rotatable bonds is 7. The third-order valence-corrected chi connectivity index (χ3v) is 5.26. The molecule has 9 heteroatoms. The van der Waals surface area contributed by atoms with Crippen LogP contribution in [0.2, 0.25) is 5.02 Å². The number of esters is 2. The molecule has 3 rings (SSSR count). The number of carbonyl (C=O) groups excluding carboxylic acids is 3. The van der Waals surface area contributed by atoms with Gasteiger partial charge in [-0.2, -0.15) is 0 Å². The largest absolute Gasteiger partial charge is 0.463 e. The summed E-state index contributed by atoms with van der Waals surface area (Å²) in [6.45, 7) is 1.59. The van der Waals surface area contributed by atoms with Crippen molar-refractivity contribution in [2.24, 2.45) is 0 Å². The zero-order valence-corrected chi connectivity index (χ0v) is 17.1. The maximum atomic E-state index is 12.6. The molecule has 1 aromatic carbocycles. The Hall–Kier alpha value is -2.84. The normalized spacial score (nSPS) is 16.1. The van der Waals surface area contributed by atoms with Gasteiger partial charge in [0, 0.05) is 9.90 Å². The van der Waals surface area contributed by atoms with Crippen molar-refractivity contribution in [2.75, 3.05) is 13.2 Å². The molecule has 0 radical (unpaired) electrons. The van der Waals surface area contributed by atoms with Crippen LogP contribution in [0.1, 0.15) is 23.4 Å². The van der Waals surface area contributed by atoms with Crippen molar-refractivity contribution in [3.63, 3.8) is 0 Å². The molecule has 2 N–H and O–H groups in total. The van der Waals surface area contributed by atoms with Gasteiger partial charge in [0.05, 0.1) is 30.3 Å². The molecule has 29 heavy (non-hydrogen) atoms. The van der Waals surface area contributed by atoms with E-state index in [0.29, 0.717) is 10.6 Å². The molecule has 1 aromatic heterocycles. The highest BCUT2D eigenvalue weighted by Crippen LogP contribution is 2.29. The van der Waals surface area contributed by atoms with Crippen molar-refractivity contribution in [1.29, 1.82) is 0 Å². The molecule has 1 aliphatic rings. The number of amides is 2. The Bertz CT molecular complexity index is 925. The minimum Gasteiger partial charge on any atom is -0.463 e. The number of ether oxygens (including phenoxy) is 2. The topological polar surface area (TPSA) is 93.7 Å². The first-order chi connectivity index (χ1) is 14.0. The average Bonchev–Trinajstić information content (AvgIpc) is 3.19. The zero-order chi connectivity index (χ0) is 20.8. The second kappa shape index (κ2) is 9.58. The van der Waals surface area contributed by atoms with Gasteiger partial charge in [0.1, 0.15) is 6.61 Å². The second-order valence-corrected chi connectivity index (χ2v) is 7.58. The van der Waals surface area contributed by atoms with Crippen molar-refractivity contribution < 1.29 is 23.9 Å². The summed E-state index contributed by atoms with van der Waals surface area (Å²) in [5, 5.41) is 7.66. The minimum atomic E-state index is -0.758. The van der Waals surface area contributed by atoms with Crippen LogP contribution in [-0.2, 0) is 25.5 Å². The van der Waals surface area contributed by atoms with E-state index in [2.05, 4.69) is 10.6 Å². The molecule has 7 nitrogen and oxygen atoms in total. The highest BCUT2D eigenvalue weighted by molar-refractivity contribution is 7.10. The number of hydrogen-bond donors (Lipinski definition) is 2. The van der Waals surface area contributed by atoms with E-state index in [1.807, 2.05) is 17.5 Å². The smallest absolute Gasteiger partial charge is 0.338 e. The Morgan fingerprint density at radius 2 is 1.93 bits per heavy atom. The van der Waals surface area contributed by atoms with Gasteiger partial charge >= 0.3 is 18.0 Å². The number of halogens is 1. The fourth-order valence-electron chi connectivity index (χ4n) is 2.85. The molecule has 2 aromatic rings. The summed E-state index contributed by atoms with van der Waals surface area (Å²) >= 11 is 7.39. The monoisotopic (exact) mass is 434 g/mol. The quantitative estimate of drug-likeness (QED) is 0.652. The summed E-state index contributed by atoms with van der Waals surface area (Å²) in [6, 6.07) is 9.14. The van der Waals surface area contributed by atoms with Gasteiger partial charge in [0.15, 0.2) is 0 Å². The summed E-state index contributed by atoms with van der Waals surface area (Å²) in [6.07, 6.45) is 0.118. The van der Waals surface area contributed by atoms with Crippen LogP contribution in [0.15, 0.2) is 53.0 Å². The van der Waals surface area contributed by atoms with Crippen LogP contribution in [0.4, 0.5) is 4.79 Å². The van der Waals surface area contributed by atoms with Gasteiger partial charge in [0.2, 0.25) is 0 Å². The molecule has 0 bridgehead atoms. The first kappa shape index (κ1) is 20.9. The Morgan fingerprint density at radius 1 is 1.17 bits per heavy atom. The predicted molar refractivity (Wildman–Crippen MR) is 109 cm³/mol. The van der Waals surface area contributed by atoms with Crippen molar-refractivity contribution >= 4 is 40.9 Å². The lowest BCUT2D eigenvalue weighted by molar-refractivity contribution is -0.143. The van der Waals surface area contributed by atoms with Gasteiger partial charge in [-0.3, -0.25) is 4.79 Å². The molecule has 152 valence electrons. The van der Waals surface area contributed by atoms with Gasteiger partial charge < -0.3 is 20.1 Å². The molecule has 0 saturated heterocycles. The van der Waals surface area contributed by atoms with E-state index in [-0.39, 0.29) is 30.9 Å². The summed E-state index contributed by atoms with van der Waals surface area (Å²) < 4.78 is 10.5. The van der Waals surface area contributed by atoms with Crippen molar-refractivity contribution in [3.8, 4) is 0 Å². The standard InChI is InChI=1S/C20H19ClN2O5S/c1-2-27-19(25)17-15(11-28-16(24)10-14-4-3-9-29-14)22-20(26)23-18(17)12-5-7-13(21)8-6-12/h3-9,18H,2,10-11H2,1H3,(H2,22,23,26). The molecule has 1 unspecified atom stereocenters. The van der Waals surface area contributed by atoms with Crippen LogP contribution in [0.25, 0.3) is 0 Å². The summed E-state index contributed by atoms with van der Waals surface area (Å²) in [5.41, 5.74) is 1.01. The van der Waals surface area contributed by atoms with Gasteiger partial charge in [-0.15, -0.1) is 11.3 Å². The van der Waals surface area contributed by atoms with Gasteiger partial charge in [-0.1, -0.05) is 29.8 Å². The molecule has 2 heterocycles. The van der Waals surface area contributed by atoms with E-state index in [1.54, 1.807) is 31.2 Å². The SMILES string of the molecule is CCOC(=O)C1=C(COC(=O)Cc2cccs2)NC(=O)NC1c1ccc(Cl)cc1. The molecule has 1 atom stereocenters. The van der Waals surface area contributed by atoms with Crippen LogP contribution in [-0.4, -0.2) is 31.2 Å². The van der Waals surface area contributed by atoms with Crippen molar-refractivity contribution in [2.45, 2.75) is 19.4 Å². The molecular weight excluding hydrogens is 416 g/mol. The summed E-state index contributed by atoms with van der Waals surface area (Å²) in [5.74, 6) is -1.07. The highest BCUT2D eigenvalue weighted by Gasteiger charge is 2.34. The first-order valence-electron chi connectivity index (χ1n) is 8.89. The van der Waals surface area contributed by atoms with Crippen molar-refractivity contribution in [1.82, 2.24) is 10.6 Å². The Labute approximate surface area is 176 Å². The van der Waals surface area contributed by atoms with Crippen molar-refractivity contribution in [3.05, 3.63) is 68.5 Å². The molecule has 0 saturated carbocycles. The van der Waals surface area contributed by atoms with Crippen LogP contribution in [0.5, 0.6) is 0 Å². The molecule has 2 amide bonds. The summed E-state index contributed by atoms with van der Waals surface area (Å²) in [7, 11) is 0. The third-order valence-electron chi connectivity index (χ3n) is 4.13. The van der Waals surface area contributed by atoms with Gasteiger partial charge in [0.25, 0.3) is 0 Å². The maximum absolute atomic E-state index is 12.6. The van der Waals surface area contributed by atoms with E-state index in [1.165, 1.54) is 11.3 Å². The van der Waals surface area contributed by atoms with E-state index >= 15 is 0 Å². The summed E-state index contributed by atoms with van der Waals surface area (Å²) in [4.78, 5) is 37.8. The van der Waals surface area contributed by atoms with E-state index < -0.39 is 24.0 Å². The fourth-order valence-corrected chi connectivity index (χ4v) is 3.66. The molecule has 0 fully saturated rings. The fraction of sp³-hybridized carbons (Fsp3) is 0.250. The number of benzene rings is 1. The molecule has 0 spiro atoms. The van der Waals surface area contributed by atoms with Crippen LogP contribution in [0, 0.1) is 0 Å². The Balaban J connectivity index is 1.86. The van der Waals surface area contributed by atoms with Crippen LogP contribution >= 0.6 is 22.9 Å². The maximum Gasteiger partial charge on any atom is 0.338 e. The third kappa shape index (κ3) is 5.36. The lowest BCUT2D eigenvalue weighted by Gasteiger charge is -2.29. The minimum absolute atomic E-state index is 0.118. The lowest BCUT2D eigenvalue weighted by atomic mass is 9.95. The molecular formula is C20H19ClN2O5S. The number of nitrogens with one attached hydrogen (secondary N) is 2. The van der Waals surface area contributed by atoms with E-state index in [4.69, 9.17) is 21.1 Å². The molecule has 0 aliphatic carbocycles. The zero-order valence-electron chi connectivity index (χ0n) is 15.6. The highest BCUT2D eigenvalue weighted by atomic mass is 35.5. The van der Waals surface area contributed by atoms with Crippen LogP contribution in [0.3, 0.4) is 0 Å². The number of carbonyl (C=O) groups is 3. The van der Waals surface area contributed by atoms with Crippen LogP contribution < -0.4 is 10.6 Å². The Morgan fingerprint density at radius 3 is 2.59 bits per heavy atom. The Kier molecular flexibility index (Phi) is 6.90. The predicted octanol–water partition coefficient (Wildman–Crippen LogP) is 3.36. The lowest BCUT2D eigenvalue weighted by Crippen LogP contribution is -2.47. The average molecular weight is 435 g/mol. The number of thiophene rings is 1.